The Balaban J connectivity index is 0.00000576. The molecule has 0 spiro atoms. The second-order valence-corrected chi connectivity index (χ2v) is 5.86. The lowest BCUT2D eigenvalue weighted by atomic mass is 10.1. The molecule has 142 valence electrons. The van der Waals surface area contributed by atoms with Crippen LogP contribution in [0, 0.1) is 5.92 Å². The average Bonchev–Trinajstić information content (AvgIpc) is 2.60. The zero-order valence-corrected chi connectivity index (χ0v) is 17.8. The Labute approximate surface area is 167 Å². The molecule has 1 aromatic rings. The first kappa shape index (κ1) is 23.6. The van der Waals surface area contributed by atoms with Crippen molar-refractivity contribution in [2.45, 2.75) is 26.8 Å². The molecule has 0 atom stereocenters. The maximum absolute atomic E-state index is 11.4. The Hall–Kier alpha value is -1.35. The van der Waals surface area contributed by atoms with Gasteiger partial charge in [0.25, 0.3) is 0 Å². The van der Waals surface area contributed by atoms with Crippen LogP contribution in [0.4, 0.5) is 0 Å². The highest BCUT2D eigenvalue weighted by atomic mass is 127. The predicted octanol–water partition coefficient (Wildman–Crippen LogP) is 2.82. The van der Waals surface area contributed by atoms with Gasteiger partial charge in [-0.05, 0) is 30.0 Å². The summed E-state index contributed by atoms with van der Waals surface area (Å²) < 4.78 is 10.2. The number of hydrogen-bond acceptors (Lipinski definition) is 4. The van der Waals surface area contributed by atoms with E-state index in [9.17, 15) is 4.79 Å². The molecule has 0 unspecified atom stereocenters. The highest BCUT2D eigenvalue weighted by Crippen LogP contribution is 2.05. The first-order chi connectivity index (χ1) is 11.6. The van der Waals surface area contributed by atoms with E-state index in [0.29, 0.717) is 18.0 Å². The first-order valence-corrected chi connectivity index (χ1v) is 8.26. The van der Waals surface area contributed by atoms with E-state index in [1.54, 1.807) is 19.2 Å². The van der Waals surface area contributed by atoms with Gasteiger partial charge in [0.05, 0.1) is 12.7 Å². The van der Waals surface area contributed by atoms with Gasteiger partial charge in [-0.2, -0.15) is 0 Å². The molecule has 0 heterocycles. The number of hydrogen-bond donors (Lipinski definition) is 2. The molecule has 0 radical (unpaired) electrons. The fourth-order valence-electron chi connectivity index (χ4n) is 1.98. The molecule has 0 amide bonds. The Morgan fingerprint density at radius 2 is 1.88 bits per heavy atom. The number of esters is 1. The predicted molar refractivity (Wildman–Crippen MR) is 112 cm³/mol. The van der Waals surface area contributed by atoms with Crippen LogP contribution >= 0.6 is 24.0 Å². The number of carbonyl (C=O) groups is 1. The molecule has 0 aromatic heterocycles. The highest BCUT2D eigenvalue weighted by Gasteiger charge is 2.04. The smallest absolute Gasteiger partial charge is 0.337 e. The Bertz CT molecular complexity index is 519. The van der Waals surface area contributed by atoms with E-state index in [1.807, 2.05) is 12.1 Å². The second kappa shape index (κ2) is 13.9. The number of nitrogens with zero attached hydrogens (tertiary/aromatic N) is 1. The van der Waals surface area contributed by atoms with Gasteiger partial charge in [0.1, 0.15) is 0 Å². The molecule has 0 bridgehead atoms. The van der Waals surface area contributed by atoms with Crippen LogP contribution in [0.25, 0.3) is 0 Å². The maximum Gasteiger partial charge on any atom is 0.337 e. The van der Waals surface area contributed by atoms with Crippen molar-refractivity contribution in [3.8, 4) is 0 Å². The van der Waals surface area contributed by atoms with Crippen molar-refractivity contribution in [1.82, 2.24) is 10.6 Å². The number of nitrogens with one attached hydrogen (secondary N) is 2. The van der Waals surface area contributed by atoms with Gasteiger partial charge < -0.3 is 20.1 Å². The molecular weight excluding hydrogens is 433 g/mol. The van der Waals surface area contributed by atoms with E-state index < -0.39 is 0 Å². The summed E-state index contributed by atoms with van der Waals surface area (Å²) >= 11 is 0. The van der Waals surface area contributed by atoms with Crippen molar-refractivity contribution in [2.24, 2.45) is 10.9 Å². The zero-order valence-electron chi connectivity index (χ0n) is 15.5. The fraction of sp³-hybridized carbons (Fsp3) is 0.556. The quantitative estimate of drug-likeness (QED) is 0.194. The van der Waals surface area contributed by atoms with E-state index in [4.69, 9.17) is 4.74 Å². The van der Waals surface area contributed by atoms with E-state index in [-0.39, 0.29) is 29.9 Å². The first-order valence-electron chi connectivity index (χ1n) is 8.26. The summed E-state index contributed by atoms with van der Waals surface area (Å²) in [6, 6.07) is 7.30. The van der Waals surface area contributed by atoms with E-state index in [2.05, 4.69) is 34.2 Å². The van der Waals surface area contributed by atoms with Crippen LogP contribution in [0.15, 0.2) is 29.3 Å². The molecule has 25 heavy (non-hydrogen) atoms. The van der Waals surface area contributed by atoms with Gasteiger partial charge >= 0.3 is 5.97 Å². The molecular formula is C18H30IN3O3. The summed E-state index contributed by atoms with van der Waals surface area (Å²) in [5.41, 5.74) is 1.61. The number of carbonyl (C=O) groups excluding carboxylic acids is 1. The molecule has 0 aliphatic carbocycles. The van der Waals surface area contributed by atoms with Crippen LogP contribution in [0.3, 0.4) is 0 Å². The largest absolute Gasteiger partial charge is 0.465 e. The van der Waals surface area contributed by atoms with Crippen molar-refractivity contribution in [3.05, 3.63) is 35.4 Å². The normalized spacial score (nSPS) is 11.0. The number of ether oxygens (including phenoxy) is 2. The van der Waals surface area contributed by atoms with Gasteiger partial charge in [0, 0.05) is 33.4 Å². The lowest BCUT2D eigenvalue weighted by Gasteiger charge is -2.12. The van der Waals surface area contributed by atoms with Crippen molar-refractivity contribution >= 4 is 35.9 Å². The van der Waals surface area contributed by atoms with Crippen LogP contribution in [0.2, 0.25) is 0 Å². The number of rotatable bonds is 9. The Morgan fingerprint density at radius 3 is 2.44 bits per heavy atom. The number of guanidine groups is 1. The summed E-state index contributed by atoms with van der Waals surface area (Å²) in [6.07, 6.45) is 0.932. The lowest BCUT2D eigenvalue weighted by Crippen LogP contribution is -2.37. The van der Waals surface area contributed by atoms with Crippen molar-refractivity contribution < 1.29 is 14.3 Å². The molecule has 0 aliphatic rings. The third-order valence-corrected chi connectivity index (χ3v) is 3.27. The SMILES string of the molecule is CN=C(NCCCOCC(C)C)NCc1ccc(C(=O)OC)cc1.I. The molecule has 0 aliphatic heterocycles. The van der Waals surface area contributed by atoms with E-state index in [0.717, 1.165) is 37.7 Å². The second-order valence-electron chi connectivity index (χ2n) is 5.86. The number of aliphatic imine (C=N–C) groups is 1. The van der Waals surface area contributed by atoms with Gasteiger partial charge in [-0.15, -0.1) is 24.0 Å². The van der Waals surface area contributed by atoms with Gasteiger partial charge in [0.2, 0.25) is 0 Å². The summed E-state index contributed by atoms with van der Waals surface area (Å²) in [4.78, 5) is 15.6. The minimum absolute atomic E-state index is 0. The number of benzene rings is 1. The summed E-state index contributed by atoms with van der Waals surface area (Å²) in [7, 11) is 3.12. The molecule has 6 nitrogen and oxygen atoms in total. The molecule has 0 saturated heterocycles. The number of methoxy groups -OCH3 is 1. The average molecular weight is 463 g/mol. The highest BCUT2D eigenvalue weighted by molar-refractivity contribution is 14.0. The summed E-state index contributed by atoms with van der Waals surface area (Å²) in [6.45, 7) is 7.26. The molecule has 0 saturated carbocycles. The van der Waals surface area contributed by atoms with Gasteiger partial charge in [-0.3, -0.25) is 4.99 Å². The van der Waals surface area contributed by atoms with Gasteiger partial charge in [0.15, 0.2) is 5.96 Å². The third-order valence-electron chi connectivity index (χ3n) is 3.27. The summed E-state index contributed by atoms with van der Waals surface area (Å²) in [5.74, 6) is 0.987. The molecule has 0 fully saturated rings. The molecule has 7 heteroatoms. The molecule has 2 N–H and O–H groups in total. The summed E-state index contributed by atoms with van der Waals surface area (Å²) in [5, 5.41) is 6.49. The number of halogens is 1. The standard InChI is InChI=1S/C18H29N3O3.HI/c1-14(2)13-24-11-5-10-20-18(19-3)21-12-15-6-8-16(9-7-15)17(22)23-4;/h6-9,14H,5,10-13H2,1-4H3,(H2,19,20,21);1H. The fourth-order valence-corrected chi connectivity index (χ4v) is 1.98. The van der Waals surface area contributed by atoms with Crippen molar-refractivity contribution in [2.75, 3.05) is 33.9 Å². The van der Waals surface area contributed by atoms with Crippen LogP contribution < -0.4 is 10.6 Å². The van der Waals surface area contributed by atoms with Crippen LogP contribution in [-0.4, -0.2) is 45.8 Å². The van der Waals surface area contributed by atoms with Crippen LogP contribution in [0.5, 0.6) is 0 Å². The van der Waals surface area contributed by atoms with Crippen LogP contribution in [-0.2, 0) is 16.0 Å². The lowest BCUT2D eigenvalue weighted by molar-refractivity contribution is 0.0600. The van der Waals surface area contributed by atoms with Gasteiger partial charge in [-0.25, -0.2) is 4.79 Å². The Morgan fingerprint density at radius 1 is 1.20 bits per heavy atom. The van der Waals surface area contributed by atoms with E-state index in [1.165, 1.54) is 7.11 Å². The Kier molecular flexibility index (Phi) is 13.1. The topological polar surface area (TPSA) is 72.0 Å². The molecule has 1 rings (SSSR count). The molecule has 1 aromatic carbocycles. The monoisotopic (exact) mass is 463 g/mol. The third kappa shape index (κ3) is 10.3. The maximum atomic E-state index is 11.4. The van der Waals surface area contributed by atoms with Gasteiger partial charge in [-0.1, -0.05) is 26.0 Å². The zero-order chi connectivity index (χ0) is 17.8. The van der Waals surface area contributed by atoms with E-state index >= 15 is 0 Å². The minimum Gasteiger partial charge on any atom is -0.465 e. The van der Waals surface area contributed by atoms with Crippen molar-refractivity contribution in [1.29, 1.82) is 0 Å². The van der Waals surface area contributed by atoms with Crippen molar-refractivity contribution in [3.63, 3.8) is 0 Å². The van der Waals surface area contributed by atoms with Crippen LogP contribution in [0.1, 0.15) is 36.2 Å². The minimum atomic E-state index is -0.327.